The zero-order chi connectivity index (χ0) is 13.3. The first-order valence-electron chi connectivity index (χ1n) is 5.05. The number of rotatable bonds is 3. The third kappa shape index (κ3) is 2.56. The summed E-state index contributed by atoms with van der Waals surface area (Å²) < 4.78 is 2.43. The van der Waals surface area contributed by atoms with Crippen molar-refractivity contribution in [2.75, 3.05) is 0 Å². The molecule has 2 rings (SSSR count). The molecule has 0 spiro atoms. The summed E-state index contributed by atoms with van der Waals surface area (Å²) >= 11 is 4.68. The van der Waals surface area contributed by atoms with E-state index in [1.807, 2.05) is 18.5 Å². The van der Waals surface area contributed by atoms with E-state index in [1.54, 1.807) is 18.2 Å². The molecular formula is C11H10BrN3O2S. The Kier molecular flexibility index (Phi) is 3.72. The maximum atomic E-state index is 10.9. The van der Waals surface area contributed by atoms with Gasteiger partial charge in [0.25, 0.3) is 0 Å². The second-order valence-electron chi connectivity index (χ2n) is 3.64. The number of halogens is 1. The highest BCUT2D eigenvalue weighted by Crippen LogP contribution is 2.29. The number of aromatic nitrogens is 3. The van der Waals surface area contributed by atoms with E-state index in [9.17, 15) is 4.79 Å². The molecule has 0 aliphatic carbocycles. The number of benzene rings is 1. The van der Waals surface area contributed by atoms with Gasteiger partial charge in [-0.1, -0.05) is 0 Å². The highest BCUT2D eigenvalue weighted by molar-refractivity contribution is 9.10. The van der Waals surface area contributed by atoms with Crippen LogP contribution in [-0.4, -0.2) is 25.8 Å². The Hall–Kier alpha value is -1.34. The fourth-order valence-electron chi connectivity index (χ4n) is 1.31. The lowest BCUT2D eigenvalue weighted by Gasteiger charge is -2.04. The number of aromatic carboxylic acids is 1. The molecule has 1 heterocycles. The maximum absolute atomic E-state index is 10.9. The molecule has 0 saturated carbocycles. The summed E-state index contributed by atoms with van der Waals surface area (Å²) in [5.74, 6) is -0.119. The average molecular weight is 328 g/mol. The number of nitrogens with zero attached hydrogens (tertiary/aromatic N) is 3. The smallest absolute Gasteiger partial charge is 0.336 e. The van der Waals surface area contributed by atoms with E-state index in [1.165, 1.54) is 11.8 Å². The Morgan fingerprint density at radius 1 is 1.44 bits per heavy atom. The zero-order valence-corrected chi connectivity index (χ0v) is 12.1. The fraction of sp³-hybridized carbons (Fsp3) is 0.182. The molecule has 1 aromatic carbocycles. The van der Waals surface area contributed by atoms with E-state index in [-0.39, 0.29) is 5.56 Å². The molecule has 0 radical (unpaired) electrons. The zero-order valence-electron chi connectivity index (χ0n) is 9.72. The van der Waals surface area contributed by atoms with Crippen LogP contribution in [0.4, 0.5) is 0 Å². The Bertz CT molecular complexity index is 612. The van der Waals surface area contributed by atoms with Crippen molar-refractivity contribution in [3.05, 3.63) is 34.1 Å². The minimum atomic E-state index is -0.951. The van der Waals surface area contributed by atoms with Gasteiger partial charge < -0.3 is 9.67 Å². The van der Waals surface area contributed by atoms with E-state index in [2.05, 4.69) is 26.1 Å². The molecule has 18 heavy (non-hydrogen) atoms. The highest BCUT2D eigenvalue weighted by Gasteiger charge is 2.11. The van der Waals surface area contributed by atoms with Crippen molar-refractivity contribution < 1.29 is 9.90 Å². The van der Waals surface area contributed by atoms with Gasteiger partial charge in [0.1, 0.15) is 5.82 Å². The largest absolute Gasteiger partial charge is 0.478 e. The second-order valence-corrected chi connectivity index (χ2v) is 5.53. The standard InChI is InChI=1S/C11H10BrN3O2S/c1-6-13-14-11(15(6)2)18-7-3-4-8(10(16)17)9(12)5-7/h3-5H,1-2H3,(H,16,17). The molecule has 0 saturated heterocycles. The molecule has 7 heteroatoms. The predicted molar refractivity (Wildman–Crippen MR) is 71.0 cm³/mol. The summed E-state index contributed by atoms with van der Waals surface area (Å²) in [5, 5.41) is 17.7. The first-order chi connectivity index (χ1) is 8.49. The normalized spacial score (nSPS) is 10.6. The van der Waals surface area contributed by atoms with Crippen LogP contribution < -0.4 is 0 Å². The van der Waals surface area contributed by atoms with Crippen LogP contribution in [0.1, 0.15) is 16.2 Å². The summed E-state index contributed by atoms with van der Waals surface area (Å²) in [5.41, 5.74) is 0.244. The van der Waals surface area contributed by atoms with Crippen molar-refractivity contribution in [3.8, 4) is 0 Å². The monoisotopic (exact) mass is 327 g/mol. The summed E-state index contributed by atoms with van der Waals surface area (Å²) in [4.78, 5) is 11.8. The molecular weight excluding hydrogens is 318 g/mol. The molecule has 5 nitrogen and oxygen atoms in total. The average Bonchev–Trinajstić information content (AvgIpc) is 2.61. The molecule has 2 aromatic rings. The Labute approximate surface area is 116 Å². The first-order valence-corrected chi connectivity index (χ1v) is 6.66. The van der Waals surface area contributed by atoms with Gasteiger partial charge in [0, 0.05) is 16.4 Å². The van der Waals surface area contributed by atoms with Crippen molar-refractivity contribution in [2.45, 2.75) is 17.0 Å². The number of hydrogen-bond donors (Lipinski definition) is 1. The van der Waals surface area contributed by atoms with Crippen LogP contribution >= 0.6 is 27.7 Å². The van der Waals surface area contributed by atoms with Gasteiger partial charge in [0.05, 0.1) is 5.56 Å². The van der Waals surface area contributed by atoms with E-state index in [0.717, 1.165) is 15.9 Å². The Morgan fingerprint density at radius 2 is 2.17 bits per heavy atom. The molecule has 0 aliphatic heterocycles. The SMILES string of the molecule is Cc1nnc(Sc2ccc(C(=O)O)c(Br)c2)n1C. The van der Waals surface area contributed by atoms with Crippen LogP contribution in [0.15, 0.2) is 32.7 Å². The molecule has 0 aliphatic rings. The van der Waals surface area contributed by atoms with Gasteiger partial charge in [-0.15, -0.1) is 10.2 Å². The molecule has 1 aromatic heterocycles. The van der Waals surface area contributed by atoms with E-state index >= 15 is 0 Å². The fourth-order valence-corrected chi connectivity index (χ4v) is 2.89. The van der Waals surface area contributed by atoms with Crippen molar-refractivity contribution in [2.24, 2.45) is 7.05 Å². The lowest BCUT2D eigenvalue weighted by atomic mass is 10.2. The van der Waals surface area contributed by atoms with E-state index in [4.69, 9.17) is 5.11 Å². The molecule has 94 valence electrons. The van der Waals surface area contributed by atoms with Crippen LogP contribution in [0.5, 0.6) is 0 Å². The summed E-state index contributed by atoms with van der Waals surface area (Å²) in [6.07, 6.45) is 0. The third-order valence-corrected chi connectivity index (χ3v) is 4.12. The van der Waals surface area contributed by atoms with Gasteiger partial charge in [-0.25, -0.2) is 4.79 Å². The second kappa shape index (κ2) is 5.11. The number of aryl methyl sites for hydroxylation is 1. The quantitative estimate of drug-likeness (QED) is 0.938. The number of carboxylic acids is 1. The number of hydrogen-bond acceptors (Lipinski definition) is 4. The minimum Gasteiger partial charge on any atom is -0.478 e. The minimum absolute atomic E-state index is 0.244. The van der Waals surface area contributed by atoms with Crippen LogP contribution in [0.25, 0.3) is 0 Å². The van der Waals surface area contributed by atoms with Crippen LogP contribution in [0.3, 0.4) is 0 Å². The Morgan fingerprint density at radius 3 is 2.67 bits per heavy atom. The first kappa shape index (κ1) is 13.1. The van der Waals surface area contributed by atoms with E-state index in [0.29, 0.717) is 4.47 Å². The van der Waals surface area contributed by atoms with Gasteiger partial charge in [-0.05, 0) is 52.8 Å². The van der Waals surface area contributed by atoms with Crippen molar-refractivity contribution in [1.29, 1.82) is 0 Å². The lowest BCUT2D eigenvalue weighted by Crippen LogP contribution is -1.97. The van der Waals surface area contributed by atoms with Gasteiger partial charge in [-0.3, -0.25) is 0 Å². The van der Waals surface area contributed by atoms with Gasteiger partial charge in [0.15, 0.2) is 5.16 Å². The molecule has 0 amide bonds. The van der Waals surface area contributed by atoms with Gasteiger partial charge in [-0.2, -0.15) is 0 Å². The van der Waals surface area contributed by atoms with Crippen molar-refractivity contribution in [1.82, 2.24) is 14.8 Å². The summed E-state index contributed by atoms with van der Waals surface area (Å²) in [7, 11) is 1.89. The number of carboxylic acid groups (broad SMARTS) is 1. The maximum Gasteiger partial charge on any atom is 0.336 e. The topological polar surface area (TPSA) is 68.0 Å². The van der Waals surface area contributed by atoms with E-state index < -0.39 is 5.97 Å². The predicted octanol–water partition coefficient (Wildman–Crippen LogP) is 2.74. The molecule has 0 bridgehead atoms. The third-order valence-electron chi connectivity index (χ3n) is 2.43. The summed E-state index contributed by atoms with van der Waals surface area (Å²) in [6, 6.07) is 5.08. The van der Waals surface area contributed by atoms with Crippen LogP contribution in [0, 0.1) is 6.92 Å². The Balaban J connectivity index is 2.28. The highest BCUT2D eigenvalue weighted by atomic mass is 79.9. The van der Waals surface area contributed by atoms with Crippen molar-refractivity contribution in [3.63, 3.8) is 0 Å². The molecule has 0 fully saturated rings. The van der Waals surface area contributed by atoms with Gasteiger partial charge >= 0.3 is 5.97 Å². The van der Waals surface area contributed by atoms with Crippen LogP contribution in [0.2, 0.25) is 0 Å². The lowest BCUT2D eigenvalue weighted by molar-refractivity contribution is 0.0696. The van der Waals surface area contributed by atoms with Crippen molar-refractivity contribution >= 4 is 33.7 Å². The van der Waals surface area contributed by atoms with Gasteiger partial charge in [0.2, 0.25) is 0 Å². The molecule has 1 N–H and O–H groups in total. The number of carbonyl (C=O) groups is 1. The van der Waals surface area contributed by atoms with Crippen LogP contribution in [-0.2, 0) is 7.05 Å². The molecule has 0 unspecified atom stereocenters. The molecule has 0 atom stereocenters. The summed E-state index contributed by atoms with van der Waals surface area (Å²) in [6.45, 7) is 1.88.